The standard InChI is InChI=1S/C16H20N4OS/c1-19-10-17-14-8-20(6-11-4-5-22-9-11)7-13(15(14)19)16(21)18-12-2-3-12/h4-5,9-10,12-13H,2-3,6-8H2,1H3,(H,18,21)/t13-/m0/s1. The molecule has 1 saturated carbocycles. The summed E-state index contributed by atoms with van der Waals surface area (Å²) in [6.45, 7) is 2.47. The van der Waals surface area contributed by atoms with Gasteiger partial charge in [-0.1, -0.05) is 0 Å². The minimum Gasteiger partial charge on any atom is -0.353 e. The molecule has 0 bridgehead atoms. The van der Waals surface area contributed by atoms with Gasteiger partial charge in [0.05, 0.1) is 23.6 Å². The smallest absolute Gasteiger partial charge is 0.230 e. The van der Waals surface area contributed by atoms with E-state index in [9.17, 15) is 4.79 Å². The van der Waals surface area contributed by atoms with Gasteiger partial charge < -0.3 is 9.88 Å². The largest absolute Gasteiger partial charge is 0.353 e. The van der Waals surface area contributed by atoms with Crippen molar-refractivity contribution < 1.29 is 4.79 Å². The van der Waals surface area contributed by atoms with Gasteiger partial charge in [0.25, 0.3) is 0 Å². The van der Waals surface area contributed by atoms with Crippen LogP contribution in [0.25, 0.3) is 0 Å². The number of imidazole rings is 1. The zero-order chi connectivity index (χ0) is 15.1. The number of carbonyl (C=O) groups excluding carboxylic acids is 1. The summed E-state index contributed by atoms with van der Waals surface area (Å²) in [5.41, 5.74) is 3.44. The van der Waals surface area contributed by atoms with Crippen molar-refractivity contribution in [1.82, 2.24) is 19.8 Å². The first-order valence-corrected chi connectivity index (χ1v) is 8.69. The molecule has 0 spiro atoms. The van der Waals surface area contributed by atoms with Crippen LogP contribution in [0.5, 0.6) is 0 Å². The Hall–Kier alpha value is -1.66. The summed E-state index contributed by atoms with van der Waals surface area (Å²) < 4.78 is 2.01. The van der Waals surface area contributed by atoms with Crippen LogP contribution in [0, 0.1) is 0 Å². The molecule has 1 aliphatic heterocycles. The average molecular weight is 316 g/mol. The third-order valence-corrected chi connectivity index (χ3v) is 5.17. The van der Waals surface area contributed by atoms with Crippen LogP contribution < -0.4 is 5.32 Å². The lowest BCUT2D eigenvalue weighted by atomic mass is 9.96. The van der Waals surface area contributed by atoms with Gasteiger partial charge in [-0.05, 0) is 35.2 Å². The highest BCUT2D eigenvalue weighted by Gasteiger charge is 2.36. The molecule has 1 amide bonds. The van der Waals surface area contributed by atoms with E-state index in [1.807, 2.05) is 17.9 Å². The molecule has 1 atom stereocenters. The zero-order valence-corrected chi connectivity index (χ0v) is 13.5. The van der Waals surface area contributed by atoms with E-state index in [2.05, 4.69) is 32.0 Å². The van der Waals surface area contributed by atoms with Crippen molar-refractivity contribution in [2.75, 3.05) is 6.54 Å². The SMILES string of the molecule is Cn1cnc2c1[C@@H](C(=O)NC1CC1)CN(Cc1ccsc1)C2. The maximum Gasteiger partial charge on any atom is 0.230 e. The Morgan fingerprint density at radius 2 is 2.36 bits per heavy atom. The fourth-order valence-electron chi connectivity index (χ4n) is 3.18. The number of carbonyl (C=O) groups is 1. The number of hydrogen-bond acceptors (Lipinski definition) is 4. The molecule has 6 heteroatoms. The minimum absolute atomic E-state index is 0.115. The molecule has 4 rings (SSSR count). The molecule has 0 unspecified atom stereocenters. The van der Waals surface area contributed by atoms with Crippen molar-refractivity contribution in [3.8, 4) is 0 Å². The van der Waals surface area contributed by atoms with Crippen LogP contribution >= 0.6 is 11.3 Å². The quantitative estimate of drug-likeness (QED) is 0.937. The lowest BCUT2D eigenvalue weighted by Crippen LogP contribution is -2.42. The van der Waals surface area contributed by atoms with Gasteiger partial charge in [0.2, 0.25) is 5.91 Å². The Kier molecular flexibility index (Phi) is 3.50. The summed E-state index contributed by atoms with van der Waals surface area (Å²) in [6, 6.07) is 2.55. The first-order valence-electron chi connectivity index (χ1n) is 7.74. The maximum absolute atomic E-state index is 12.6. The second kappa shape index (κ2) is 5.52. The lowest BCUT2D eigenvalue weighted by Gasteiger charge is -2.32. The molecule has 2 aromatic rings. The highest BCUT2D eigenvalue weighted by Crippen LogP contribution is 2.30. The number of aromatic nitrogens is 2. The maximum atomic E-state index is 12.6. The molecule has 1 fully saturated rings. The Labute approximate surface area is 134 Å². The normalized spacial score (nSPS) is 21.6. The second-order valence-corrected chi connectivity index (χ2v) is 7.10. The molecule has 1 N–H and O–H groups in total. The van der Waals surface area contributed by atoms with Crippen molar-refractivity contribution in [3.63, 3.8) is 0 Å². The first-order chi connectivity index (χ1) is 10.7. The number of hydrogen-bond donors (Lipinski definition) is 1. The van der Waals surface area contributed by atoms with Crippen LogP contribution in [-0.4, -0.2) is 32.9 Å². The van der Waals surface area contributed by atoms with E-state index in [0.29, 0.717) is 6.04 Å². The first kappa shape index (κ1) is 14.0. The Morgan fingerprint density at radius 3 is 3.09 bits per heavy atom. The summed E-state index contributed by atoms with van der Waals surface area (Å²) in [5, 5.41) is 7.43. The van der Waals surface area contributed by atoms with Gasteiger partial charge in [-0.2, -0.15) is 11.3 Å². The summed E-state index contributed by atoms with van der Waals surface area (Å²) >= 11 is 1.72. The van der Waals surface area contributed by atoms with E-state index in [-0.39, 0.29) is 11.8 Å². The van der Waals surface area contributed by atoms with Crippen LogP contribution in [0.4, 0.5) is 0 Å². The van der Waals surface area contributed by atoms with Crippen molar-refractivity contribution >= 4 is 17.2 Å². The summed E-state index contributed by atoms with van der Waals surface area (Å²) in [5.74, 6) is 0.0397. The van der Waals surface area contributed by atoms with Gasteiger partial charge in [0.15, 0.2) is 0 Å². The zero-order valence-electron chi connectivity index (χ0n) is 12.7. The van der Waals surface area contributed by atoms with E-state index in [1.165, 1.54) is 5.56 Å². The Morgan fingerprint density at radius 1 is 1.50 bits per heavy atom. The number of aryl methyl sites for hydroxylation is 1. The fourth-order valence-corrected chi connectivity index (χ4v) is 3.84. The number of nitrogens with one attached hydrogen (secondary N) is 1. The average Bonchev–Trinajstić information content (AvgIpc) is 3.02. The molecule has 22 heavy (non-hydrogen) atoms. The molecule has 0 radical (unpaired) electrons. The van der Waals surface area contributed by atoms with Crippen LogP contribution in [0.2, 0.25) is 0 Å². The third-order valence-electron chi connectivity index (χ3n) is 4.43. The number of rotatable bonds is 4. The van der Waals surface area contributed by atoms with E-state index in [0.717, 1.165) is 43.9 Å². The summed E-state index contributed by atoms with van der Waals surface area (Å²) in [6.07, 6.45) is 4.07. The molecule has 0 saturated heterocycles. The Bertz CT molecular complexity index is 674. The van der Waals surface area contributed by atoms with E-state index >= 15 is 0 Å². The Balaban J connectivity index is 1.57. The molecule has 1 aliphatic carbocycles. The highest BCUT2D eigenvalue weighted by molar-refractivity contribution is 7.07. The van der Waals surface area contributed by atoms with Crippen molar-refractivity contribution in [3.05, 3.63) is 40.1 Å². The molecule has 2 aliphatic rings. The topological polar surface area (TPSA) is 50.2 Å². The predicted octanol–water partition coefficient (Wildman–Crippen LogP) is 1.86. The van der Waals surface area contributed by atoms with E-state index in [4.69, 9.17) is 0 Å². The summed E-state index contributed by atoms with van der Waals surface area (Å²) in [4.78, 5) is 19.5. The van der Waals surface area contributed by atoms with E-state index < -0.39 is 0 Å². The van der Waals surface area contributed by atoms with Crippen molar-refractivity contribution in [1.29, 1.82) is 0 Å². The highest BCUT2D eigenvalue weighted by atomic mass is 32.1. The fraction of sp³-hybridized carbons (Fsp3) is 0.500. The number of thiophene rings is 1. The molecule has 5 nitrogen and oxygen atoms in total. The van der Waals surface area contributed by atoms with Crippen molar-refractivity contribution in [2.45, 2.75) is 37.9 Å². The molecule has 116 valence electrons. The van der Waals surface area contributed by atoms with E-state index in [1.54, 1.807) is 11.3 Å². The van der Waals surface area contributed by atoms with Crippen molar-refractivity contribution in [2.24, 2.45) is 7.05 Å². The minimum atomic E-state index is -0.115. The molecule has 2 aromatic heterocycles. The lowest BCUT2D eigenvalue weighted by molar-refractivity contribution is -0.123. The van der Waals surface area contributed by atoms with Gasteiger partial charge in [-0.15, -0.1) is 0 Å². The van der Waals surface area contributed by atoms with Crippen LogP contribution in [0.1, 0.15) is 35.7 Å². The third kappa shape index (κ3) is 2.68. The monoisotopic (exact) mass is 316 g/mol. The predicted molar refractivity (Wildman–Crippen MR) is 85.5 cm³/mol. The number of amides is 1. The molecular formula is C16H20N4OS. The van der Waals surface area contributed by atoms with Crippen LogP contribution in [0.15, 0.2) is 23.2 Å². The molecule has 0 aromatic carbocycles. The van der Waals surface area contributed by atoms with Gasteiger partial charge in [-0.25, -0.2) is 4.98 Å². The van der Waals surface area contributed by atoms with Gasteiger partial charge in [0, 0.05) is 32.7 Å². The molecule has 3 heterocycles. The van der Waals surface area contributed by atoms with Gasteiger partial charge >= 0.3 is 0 Å². The number of fused-ring (bicyclic) bond motifs is 1. The summed E-state index contributed by atoms with van der Waals surface area (Å²) in [7, 11) is 1.98. The number of nitrogens with zero attached hydrogens (tertiary/aromatic N) is 3. The second-order valence-electron chi connectivity index (χ2n) is 6.32. The molecular weight excluding hydrogens is 296 g/mol. The van der Waals surface area contributed by atoms with Crippen LogP contribution in [0.3, 0.4) is 0 Å². The van der Waals surface area contributed by atoms with Gasteiger partial charge in [0.1, 0.15) is 0 Å². The van der Waals surface area contributed by atoms with Gasteiger partial charge in [-0.3, -0.25) is 9.69 Å². The van der Waals surface area contributed by atoms with Crippen LogP contribution in [-0.2, 0) is 24.9 Å².